The number of aryl methyl sites for hydroxylation is 1. The lowest BCUT2D eigenvalue weighted by atomic mass is 10.1. The zero-order chi connectivity index (χ0) is 23.8. The Morgan fingerprint density at radius 1 is 1.00 bits per heavy atom. The minimum atomic E-state index is -0.867. The Morgan fingerprint density at radius 2 is 1.71 bits per heavy atom. The number of nitrogens with zero attached hydrogens (tertiary/aromatic N) is 1. The predicted octanol–water partition coefficient (Wildman–Crippen LogP) is 5.06. The maximum atomic E-state index is 11.7. The molecule has 6 heteroatoms. The Kier molecular flexibility index (Phi) is 7.73. The molecule has 34 heavy (non-hydrogen) atoms. The quantitative estimate of drug-likeness (QED) is 0.328. The van der Waals surface area contributed by atoms with Crippen molar-refractivity contribution in [1.82, 2.24) is 10.3 Å². The van der Waals surface area contributed by atoms with Gasteiger partial charge in [0.25, 0.3) is 0 Å². The minimum absolute atomic E-state index is 0.425. The van der Waals surface area contributed by atoms with Crippen molar-refractivity contribution in [2.45, 2.75) is 32.4 Å². The van der Waals surface area contributed by atoms with E-state index in [4.69, 9.17) is 9.15 Å². The molecule has 0 saturated carbocycles. The number of carboxylic acid groups (broad SMARTS) is 1. The molecule has 0 saturated heterocycles. The van der Waals surface area contributed by atoms with E-state index in [0.717, 1.165) is 33.9 Å². The van der Waals surface area contributed by atoms with E-state index in [-0.39, 0.29) is 0 Å². The number of aromatic nitrogens is 1. The maximum absolute atomic E-state index is 11.7. The molecule has 2 N–H and O–H groups in total. The van der Waals surface area contributed by atoms with Crippen LogP contribution in [0.2, 0.25) is 0 Å². The minimum Gasteiger partial charge on any atom is -0.493 e. The number of nitrogens with one attached hydrogen (secondary N) is 1. The van der Waals surface area contributed by atoms with Gasteiger partial charge < -0.3 is 19.6 Å². The van der Waals surface area contributed by atoms with Gasteiger partial charge in [0.2, 0.25) is 5.89 Å². The van der Waals surface area contributed by atoms with Crippen molar-refractivity contribution in [3.63, 3.8) is 0 Å². The van der Waals surface area contributed by atoms with Gasteiger partial charge in [0.1, 0.15) is 17.6 Å². The zero-order valence-corrected chi connectivity index (χ0v) is 19.1. The summed E-state index contributed by atoms with van der Waals surface area (Å²) in [5.41, 5.74) is 3.77. The summed E-state index contributed by atoms with van der Waals surface area (Å²) >= 11 is 0. The second kappa shape index (κ2) is 11.3. The Hall–Kier alpha value is -3.90. The van der Waals surface area contributed by atoms with E-state index in [1.165, 1.54) is 0 Å². The molecule has 1 atom stereocenters. The number of carbonyl (C=O) groups is 1. The first-order valence-corrected chi connectivity index (χ1v) is 11.3. The van der Waals surface area contributed by atoms with E-state index >= 15 is 0 Å². The van der Waals surface area contributed by atoms with Crippen LogP contribution in [0.25, 0.3) is 11.5 Å². The number of ether oxygens (including phenoxy) is 1. The van der Waals surface area contributed by atoms with Crippen LogP contribution >= 0.6 is 0 Å². The number of oxazole rings is 1. The largest absolute Gasteiger partial charge is 0.493 e. The maximum Gasteiger partial charge on any atom is 0.321 e. The van der Waals surface area contributed by atoms with Crippen molar-refractivity contribution >= 4 is 5.97 Å². The third-order valence-electron chi connectivity index (χ3n) is 5.55. The number of benzene rings is 3. The molecule has 1 aromatic heterocycles. The first kappa shape index (κ1) is 23.3. The van der Waals surface area contributed by atoms with Gasteiger partial charge in [0, 0.05) is 18.5 Å². The zero-order valence-electron chi connectivity index (χ0n) is 19.1. The van der Waals surface area contributed by atoms with Crippen LogP contribution in [0.3, 0.4) is 0 Å². The molecule has 0 fully saturated rings. The summed E-state index contributed by atoms with van der Waals surface area (Å²) in [4.78, 5) is 16.3. The predicted molar refractivity (Wildman–Crippen MR) is 131 cm³/mol. The Balaban J connectivity index is 1.30. The standard InChI is InChI=1S/C28H28N2O4/c1-20-25(30-27(34-20)23-12-6-3-7-13-23)15-16-33-24-14-8-11-22(17-24)19-29-26(28(31)32)18-21-9-4-2-5-10-21/h2-14,17,26,29H,15-16,18-19H2,1H3,(H,31,32). The molecule has 3 aromatic carbocycles. The summed E-state index contributed by atoms with van der Waals surface area (Å²) in [7, 11) is 0. The molecule has 0 bridgehead atoms. The fourth-order valence-electron chi connectivity index (χ4n) is 3.71. The molecule has 174 valence electrons. The molecule has 1 unspecified atom stereocenters. The van der Waals surface area contributed by atoms with Crippen LogP contribution in [-0.2, 0) is 24.2 Å². The lowest BCUT2D eigenvalue weighted by Crippen LogP contribution is -2.38. The van der Waals surface area contributed by atoms with Gasteiger partial charge in [-0.1, -0.05) is 60.7 Å². The van der Waals surface area contributed by atoms with E-state index in [1.54, 1.807) is 0 Å². The number of carboxylic acids is 1. The average molecular weight is 457 g/mol. The van der Waals surface area contributed by atoms with Gasteiger partial charge in [-0.15, -0.1) is 0 Å². The van der Waals surface area contributed by atoms with Gasteiger partial charge in [-0.2, -0.15) is 0 Å². The molecule has 0 spiro atoms. The van der Waals surface area contributed by atoms with Gasteiger partial charge in [0.05, 0.1) is 12.3 Å². The highest BCUT2D eigenvalue weighted by Crippen LogP contribution is 2.22. The summed E-state index contributed by atoms with van der Waals surface area (Å²) in [6, 6.07) is 26.5. The first-order valence-electron chi connectivity index (χ1n) is 11.3. The molecular formula is C28H28N2O4. The van der Waals surface area contributed by atoms with Crippen LogP contribution in [0, 0.1) is 6.92 Å². The van der Waals surface area contributed by atoms with Gasteiger partial charge in [-0.25, -0.2) is 4.98 Å². The Morgan fingerprint density at radius 3 is 2.44 bits per heavy atom. The smallest absolute Gasteiger partial charge is 0.321 e. The summed E-state index contributed by atoms with van der Waals surface area (Å²) < 4.78 is 11.8. The van der Waals surface area contributed by atoms with E-state index in [9.17, 15) is 9.90 Å². The third kappa shape index (κ3) is 6.33. The monoisotopic (exact) mass is 456 g/mol. The number of aliphatic carboxylic acids is 1. The van der Waals surface area contributed by atoms with Crippen LogP contribution in [0.5, 0.6) is 5.75 Å². The highest BCUT2D eigenvalue weighted by atomic mass is 16.5. The molecule has 0 aliphatic heterocycles. The molecule has 0 radical (unpaired) electrons. The van der Waals surface area contributed by atoms with Crippen LogP contribution in [0.4, 0.5) is 0 Å². The highest BCUT2D eigenvalue weighted by Gasteiger charge is 2.17. The van der Waals surface area contributed by atoms with Crippen LogP contribution in [0.1, 0.15) is 22.6 Å². The van der Waals surface area contributed by atoms with E-state index < -0.39 is 12.0 Å². The number of hydrogen-bond acceptors (Lipinski definition) is 5. The lowest BCUT2D eigenvalue weighted by Gasteiger charge is -2.15. The van der Waals surface area contributed by atoms with Crippen LogP contribution < -0.4 is 10.1 Å². The molecule has 6 nitrogen and oxygen atoms in total. The first-order chi connectivity index (χ1) is 16.6. The normalized spacial score (nSPS) is 11.8. The van der Waals surface area contributed by atoms with E-state index in [2.05, 4.69) is 10.3 Å². The van der Waals surface area contributed by atoms with Crippen LogP contribution in [-0.4, -0.2) is 28.7 Å². The van der Waals surface area contributed by atoms with Crippen molar-refractivity contribution in [3.05, 3.63) is 108 Å². The van der Waals surface area contributed by atoms with Crippen molar-refractivity contribution in [2.24, 2.45) is 0 Å². The molecule has 4 rings (SSSR count). The molecule has 0 aliphatic rings. The fourth-order valence-corrected chi connectivity index (χ4v) is 3.71. The molecule has 4 aromatic rings. The SMILES string of the molecule is Cc1oc(-c2ccccc2)nc1CCOc1cccc(CNC(Cc2ccccc2)C(=O)O)c1. The number of rotatable bonds is 11. The molecular weight excluding hydrogens is 428 g/mol. The Bertz CT molecular complexity index is 1210. The number of hydrogen-bond donors (Lipinski definition) is 2. The molecule has 0 aliphatic carbocycles. The van der Waals surface area contributed by atoms with Gasteiger partial charge in [0.15, 0.2) is 0 Å². The van der Waals surface area contributed by atoms with Gasteiger partial charge >= 0.3 is 5.97 Å². The highest BCUT2D eigenvalue weighted by molar-refractivity contribution is 5.73. The van der Waals surface area contributed by atoms with Gasteiger partial charge in [-0.05, 0) is 48.7 Å². The molecule has 0 amide bonds. The third-order valence-corrected chi connectivity index (χ3v) is 5.55. The van der Waals surface area contributed by atoms with Gasteiger partial charge in [-0.3, -0.25) is 4.79 Å². The average Bonchev–Trinajstić information content (AvgIpc) is 3.23. The summed E-state index contributed by atoms with van der Waals surface area (Å²) in [5, 5.41) is 12.7. The molecule has 1 heterocycles. The Labute approximate surface area is 199 Å². The fraction of sp³-hybridized carbons (Fsp3) is 0.214. The van der Waals surface area contributed by atoms with Crippen molar-refractivity contribution < 1.29 is 19.1 Å². The van der Waals surface area contributed by atoms with Crippen molar-refractivity contribution in [2.75, 3.05) is 6.61 Å². The van der Waals surface area contributed by atoms with Crippen molar-refractivity contribution in [3.8, 4) is 17.2 Å². The topological polar surface area (TPSA) is 84.6 Å². The van der Waals surface area contributed by atoms with E-state index in [0.29, 0.717) is 31.9 Å². The second-order valence-electron chi connectivity index (χ2n) is 8.10. The summed E-state index contributed by atoms with van der Waals surface area (Å²) in [6.45, 7) is 2.81. The van der Waals surface area contributed by atoms with Crippen LogP contribution in [0.15, 0.2) is 89.3 Å². The van der Waals surface area contributed by atoms with E-state index in [1.807, 2.05) is 91.9 Å². The van der Waals surface area contributed by atoms with Crippen molar-refractivity contribution in [1.29, 1.82) is 0 Å². The second-order valence-corrected chi connectivity index (χ2v) is 8.10. The summed E-state index contributed by atoms with van der Waals surface area (Å²) in [6.07, 6.45) is 1.05. The lowest BCUT2D eigenvalue weighted by molar-refractivity contribution is -0.139. The summed E-state index contributed by atoms with van der Waals surface area (Å²) in [5.74, 6) is 1.27.